The highest BCUT2D eigenvalue weighted by Gasteiger charge is 2.27. The summed E-state index contributed by atoms with van der Waals surface area (Å²) in [6.07, 6.45) is 4.39. The minimum absolute atomic E-state index is 0.0779. The van der Waals surface area contributed by atoms with Crippen molar-refractivity contribution in [2.45, 2.75) is 13.0 Å². The first-order valence-electron chi connectivity index (χ1n) is 6.71. The number of amides is 1. The molecule has 0 N–H and O–H groups in total. The molecule has 1 fully saturated rings. The van der Waals surface area contributed by atoms with Crippen LogP contribution in [0.5, 0.6) is 0 Å². The first-order chi connectivity index (χ1) is 10.2. The van der Waals surface area contributed by atoms with Crippen molar-refractivity contribution in [1.29, 1.82) is 0 Å². The number of aromatic nitrogens is 4. The van der Waals surface area contributed by atoms with E-state index in [1.165, 1.54) is 12.4 Å². The Hall–Kier alpha value is -2.41. The van der Waals surface area contributed by atoms with Crippen molar-refractivity contribution in [3.05, 3.63) is 47.8 Å². The lowest BCUT2D eigenvalue weighted by molar-refractivity contribution is -0.0269. The minimum Gasteiger partial charge on any atom is -0.367 e. The summed E-state index contributed by atoms with van der Waals surface area (Å²) in [6.45, 7) is 3.35. The van der Waals surface area contributed by atoms with Crippen LogP contribution in [0.3, 0.4) is 0 Å². The second-order valence-corrected chi connectivity index (χ2v) is 4.80. The fourth-order valence-electron chi connectivity index (χ4n) is 2.21. The van der Waals surface area contributed by atoms with Crippen LogP contribution in [0.1, 0.15) is 28.0 Å². The minimum atomic E-state index is -0.294. The van der Waals surface area contributed by atoms with Gasteiger partial charge in [0.2, 0.25) is 0 Å². The second-order valence-electron chi connectivity index (χ2n) is 4.80. The molecule has 1 saturated heterocycles. The molecule has 7 heteroatoms. The number of ether oxygens (including phenoxy) is 1. The Kier molecular flexibility index (Phi) is 3.83. The zero-order valence-corrected chi connectivity index (χ0v) is 11.6. The predicted molar refractivity (Wildman–Crippen MR) is 73.4 cm³/mol. The van der Waals surface area contributed by atoms with Gasteiger partial charge < -0.3 is 9.64 Å². The van der Waals surface area contributed by atoms with Gasteiger partial charge in [-0.1, -0.05) is 0 Å². The third kappa shape index (κ3) is 3.03. The SMILES string of the molecule is Cc1ccnc(C2CN(C(=O)c3ccnnc3)CCO2)n1. The van der Waals surface area contributed by atoms with Crippen molar-refractivity contribution >= 4 is 5.91 Å². The van der Waals surface area contributed by atoms with Crippen LogP contribution < -0.4 is 0 Å². The van der Waals surface area contributed by atoms with Gasteiger partial charge in [0.1, 0.15) is 6.10 Å². The molecule has 1 atom stereocenters. The number of morpholine rings is 1. The number of hydrogen-bond donors (Lipinski definition) is 0. The van der Waals surface area contributed by atoms with Crippen molar-refractivity contribution in [3.8, 4) is 0 Å². The smallest absolute Gasteiger partial charge is 0.255 e. The Labute approximate surface area is 122 Å². The van der Waals surface area contributed by atoms with Gasteiger partial charge in [-0.2, -0.15) is 10.2 Å². The fraction of sp³-hybridized carbons (Fsp3) is 0.357. The van der Waals surface area contributed by atoms with E-state index < -0.39 is 0 Å². The summed E-state index contributed by atoms with van der Waals surface area (Å²) >= 11 is 0. The van der Waals surface area contributed by atoms with Crippen molar-refractivity contribution in [2.24, 2.45) is 0 Å². The van der Waals surface area contributed by atoms with E-state index in [0.717, 1.165) is 5.69 Å². The Bertz CT molecular complexity index is 634. The molecule has 1 aliphatic rings. The quantitative estimate of drug-likeness (QED) is 0.811. The van der Waals surface area contributed by atoms with Crippen LogP contribution in [0, 0.1) is 6.92 Å². The maximum Gasteiger partial charge on any atom is 0.255 e. The average molecular weight is 285 g/mol. The van der Waals surface area contributed by atoms with E-state index in [-0.39, 0.29) is 12.0 Å². The number of hydrogen-bond acceptors (Lipinski definition) is 6. The molecule has 0 spiro atoms. The molecule has 3 heterocycles. The standard InChI is InChI=1S/C14H15N5O2/c1-10-2-4-15-13(18-10)12-9-19(6-7-21-12)14(20)11-3-5-16-17-8-11/h2-5,8,12H,6-7,9H2,1H3. The number of carbonyl (C=O) groups is 1. The van der Waals surface area contributed by atoms with E-state index in [1.807, 2.05) is 13.0 Å². The highest BCUT2D eigenvalue weighted by molar-refractivity contribution is 5.93. The molecule has 1 aliphatic heterocycles. The van der Waals surface area contributed by atoms with Gasteiger partial charge in [-0.15, -0.1) is 0 Å². The molecular weight excluding hydrogens is 270 g/mol. The highest BCUT2D eigenvalue weighted by atomic mass is 16.5. The zero-order valence-electron chi connectivity index (χ0n) is 11.6. The zero-order chi connectivity index (χ0) is 14.7. The van der Waals surface area contributed by atoms with E-state index >= 15 is 0 Å². The lowest BCUT2D eigenvalue weighted by Gasteiger charge is -2.32. The van der Waals surface area contributed by atoms with Crippen molar-refractivity contribution in [2.75, 3.05) is 19.7 Å². The molecule has 2 aromatic rings. The predicted octanol–water partition coefficient (Wildman–Crippen LogP) is 0.789. The van der Waals surface area contributed by atoms with Gasteiger partial charge in [-0.05, 0) is 19.1 Å². The molecule has 2 aromatic heterocycles. The molecule has 1 unspecified atom stereocenters. The van der Waals surface area contributed by atoms with Gasteiger partial charge in [0.05, 0.1) is 31.1 Å². The van der Waals surface area contributed by atoms with Crippen LogP contribution in [-0.4, -0.2) is 50.7 Å². The van der Waals surface area contributed by atoms with Crippen molar-refractivity contribution in [1.82, 2.24) is 25.1 Å². The molecule has 21 heavy (non-hydrogen) atoms. The number of aryl methyl sites for hydroxylation is 1. The van der Waals surface area contributed by atoms with E-state index in [1.54, 1.807) is 17.2 Å². The normalized spacial score (nSPS) is 18.5. The number of carbonyl (C=O) groups excluding carboxylic acids is 1. The molecule has 0 saturated carbocycles. The van der Waals surface area contributed by atoms with Crippen LogP contribution in [0.25, 0.3) is 0 Å². The van der Waals surface area contributed by atoms with Gasteiger partial charge in [-0.3, -0.25) is 4.79 Å². The number of nitrogens with zero attached hydrogens (tertiary/aromatic N) is 5. The number of rotatable bonds is 2. The van der Waals surface area contributed by atoms with Crippen LogP contribution >= 0.6 is 0 Å². The van der Waals surface area contributed by atoms with Crippen molar-refractivity contribution in [3.63, 3.8) is 0 Å². The monoisotopic (exact) mass is 285 g/mol. The van der Waals surface area contributed by atoms with Gasteiger partial charge in [-0.25, -0.2) is 9.97 Å². The van der Waals surface area contributed by atoms with E-state index in [9.17, 15) is 4.79 Å². The Balaban J connectivity index is 1.75. The van der Waals surface area contributed by atoms with E-state index in [4.69, 9.17) is 4.74 Å². The molecule has 0 radical (unpaired) electrons. The summed E-state index contributed by atoms with van der Waals surface area (Å²) in [6, 6.07) is 3.49. The molecule has 0 bridgehead atoms. The second kappa shape index (κ2) is 5.92. The highest BCUT2D eigenvalue weighted by Crippen LogP contribution is 2.20. The first kappa shape index (κ1) is 13.6. The summed E-state index contributed by atoms with van der Waals surface area (Å²) in [4.78, 5) is 22.7. The molecule has 0 aromatic carbocycles. The summed E-state index contributed by atoms with van der Waals surface area (Å²) in [7, 11) is 0. The summed E-state index contributed by atoms with van der Waals surface area (Å²) in [5, 5.41) is 7.42. The summed E-state index contributed by atoms with van der Waals surface area (Å²) < 4.78 is 5.69. The third-order valence-corrected chi connectivity index (χ3v) is 3.29. The lowest BCUT2D eigenvalue weighted by Crippen LogP contribution is -2.42. The van der Waals surface area contributed by atoms with Crippen LogP contribution in [0.2, 0.25) is 0 Å². The Morgan fingerprint density at radius 1 is 1.33 bits per heavy atom. The molecule has 0 aliphatic carbocycles. The third-order valence-electron chi connectivity index (χ3n) is 3.29. The van der Waals surface area contributed by atoms with E-state index in [2.05, 4.69) is 20.2 Å². The maximum atomic E-state index is 12.4. The van der Waals surface area contributed by atoms with Gasteiger partial charge in [0.25, 0.3) is 5.91 Å². The van der Waals surface area contributed by atoms with Gasteiger partial charge in [0, 0.05) is 18.4 Å². The average Bonchev–Trinajstić information content (AvgIpc) is 2.55. The van der Waals surface area contributed by atoms with Crippen LogP contribution in [0.15, 0.2) is 30.7 Å². The van der Waals surface area contributed by atoms with Gasteiger partial charge in [0.15, 0.2) is 5.82 Å². The summed E-state index contributed by atoms with van der Waals surface area (Å²) in [5.74, 6) is 0.534. The Morgan fingerprint density at radius 2 is 2.24 bits per heavy atom. The Morgan fingerprint density at radius 3 is 3.00 bits per heavy atom. The van der Waals surface area contributed by atoms with E-state index in [0.29, 0.717) is 31.1 Å². The lowest BCUT2D eigenvalue weighted by atomic mass is 10.2. The van der Waals surface area contributed by atoms with Crippen LogP contribution in [-0.2, 0) is 4.74 Å². The van der Waals surface area contributed by atoms with Crippen molar-refractivity contribution < 1.29 is 9.53 Å². The summed E-state index contributed by atoms with van der Waals surface area (Å²) in [5.41, 5.74) is 1.40. The first-order valence-corrected chi connectivity index (χ1v) is 6.71. The topological polar surface area (TPSA) is 81.1 Å². The maximum absolute atomic E-state index is 12.4. The molecule has 1 amide bonds. The largest absolute Gasteiger partial charge is 0.367 e. The molecule has 7 nitrogen and oxygen atoms in total. The van der Waals surface area contributed by atoms with Crippen LogP contribution in [0.4, 0.5) is 0 Å². The molecular formula is C14H15N5O2. The fourth-order valence-corrected chi connectivity index (χ4v) is 2.21. The van der Waals surface area contributed by atoms with Gasteiger partial charge >= 0.3 is 0 Å². The molecule has 3 rings (SSSR count). The molecule has 108 valence electrons.